The first kappa shape index (κ1) is 15.3. The van der Waals surface area contributed by atoms with Crippen molar-refractivity contribution in [2.24, 2.45) is 17.6 Å². The number of amides is 1. The summed E-state index contributed by atoms with van der Waals surface area (Å²) in [4.78, 5) is 25.2. The minimum atomic E-state index is -0.747. The topological polar surface area (TPSA) is 83.6 Å². The molecule has 1 aliphatic heterocycles. The maximum atomic E-state index is 12.6. The van der Waals surface area contributed by atoms with Crippen LogP contribution >= 0.6 is 0 Å². The number of nitrogens with zero attached hydrogens (tertiary/aromatic N) is 1. The van der Waals surface area contributed by atoms with Crippen LogP contribution in [0.15, 0.2) is 0 Å². The van der Waals surface area contributed by atoms with E-state index >= 15 is 0 Å². The van der Waals surface area contributed by atoms with Crippen LogP contribution in [0.5, 0.6) is 0 Å². The van der Waals surface area contributed by atoms with Crippen LogP contribution in [0.25, 0.3) is 0 Å². The molecule has 1 aliphatic carbocycles. The Labute approximate surface area is 120 Å². The van der Waals surface area contributed by atoms with E-state index in [0.717, 1.165) is 51.6 Å². The molecule has 5 nitrogen and oxygen atoms in total. The van der Waals surface area contributed by atoms with Gasteiger partial charge in [0.15, 0.2) is 0 Å². The smallest absolute Gasteiger partial charge is 0.303 e. The predicted molar refractivity (Wildman–Crippen MR) is 76.1 cm³/mol. The van der Waals surface area contributed by atoms with E-state index in [9.17, 15) is 9.59 Å². The third-order valence-electron chi connectivity index (χ3n) is 4.73. The van der Waals surface area contributed by atoms with E-state index in [2.05, 4.69) is 0 Å². The van der Waals surface area contributed by atoms with Crippen LogP contribution < -0.4 is 5.73 Å². The molecule has 1 heterocycles. The Morgan fingerprint density at radius 1 is 1.15 bits per heavy atom. The number of aliphatic carboxylic acids is 1. The van der Waals surface area contributed by atoms with E-state index in [-0.39, 0.29) is 24.3 Å². The zero-order valence-corrected chi connectivity index (χ0v) is 12.1. The first-order chi connectivity index (χ1) is 9.58. The standard InChI is InChI=1S/C15H26N2O3/c16-13-6-2-1-5-12(13)15(20)17-9-3-4-11(10-17)7-8-14(18)19/h11-13H,1-10,16H2,(H,18,19). The summed E-state index contributed by atoms with van der Waals surface area (Å²) in [6, 6.07) is 0.00986. The second kappa shape index (κ2) is 7.07. The summed E-state index contributed by atoms with van der Waals surface area (Å²) >= 11 is 0. The summed E-state index contributed by atoms with van der Waals surface area (Å²) < 4.78 is 0. The van der Waals surface area contributed by atoms with Crippen molar-refractivity contribution in [2.45, 2.75) is 57.4 Å². The van der Waals surface area contributed by atoms with Gasteiger partial charge in [-0.05, 0) is 38.0 Å². The van der Waals surface area contributed by atoms with Gasteiger partial charge in [-0.1, -0.05) is 12.8 Å². The van der Waals surface area contributed by atoms with E-state index in [1.54, 1.807) is 0 Å². The van der Waals surface area contributed by atoms with Gasteiger partial charge < -0.3 is 15.7 Å². The van der Waals surface area contributed by atoms with Gasteiger partial charge in [0.1, 0.15) is 0 Å². The summed E-state index contributed by atoms with van der Waals surface area (Å²) in [5, 5.41) is 8.76. The number of piperidine rings is 1. The van der Waals surface area contributed by atoms with E-state index in [1.807, 2.05) is 4.90 Å². The summed E-state index contributed by atoms with van der Waals surface area (Å²) in [6.45, 7) is 1.53. The molecule has 20 heavy (non-hydrogen) atoms. The number of likely N-dealkylation sites (tertiary alicyclic amines) is 1. The number of carbonyl (C=O) groups excluding carboxylic acids is 1. The van der Waals surface area contributed by atoms with Crippen LogP contribution in [0.4, 0.5) is 0 Å². The van der Waals surface area contributed by atoms with E-state index in [4.69, 9.17) is 10.8 Å². The maximum Gasteiger partial charge on any atom is 0.303 e. The Morgan fingerprint density at radius 3 is 2.60 bits per heavy atom. The maximum absolute atomic E-state index is 12.6. The van der Waals surface area contributed by atoms with Crippen LogP contribution in [0.3, 0.4) is 0 Å². The fourth-order valence-corrected chi connectivity index (χ4v) is 3.53. The Hall–Kier alpha value is -1.10. The number of carboxylic acid groups (broad SMARTS) is 1. The normalized spacial score (nSPS) is 31.1. The number of rotatable bonds is 4. The van der Waals surface area contributed by atoms with Crippen molar-refractivity contribution in [3.05, 3.63) is 0 Å². The molecule has 0 radical (unpaired) electrons. The highest BCUT2D eigenvalue weighted by molar-refractivity contribution is 5.79. The van der Waals surface area contributed by atoms with Crippen LogP contribution in [-0.4, -0.2) is 41.0 Å². The van der Waals surface area contributed by atoms with Gasteiger partial charge in [-0.25, -0.2) is 0 Å². The van der Waals surface area contributed by atoms with Crippen molar-refractivity contribution in [1.29, 1.82) is 0 Å². The van der Waals surface area contributed by atoms with Crippen molar-refractivity contribution >= 4 is 11.9 Å². The minimum Gasteiger partial charge on any atom is -0.481 e. The molecule has 5 heteroatoms. The molecule has 2 aliphatic rings. The monoisotopic (exact) mass is 282 g/mol. The molecule has 0 aromatic rings. The second-order valence-electron chi connectivity index (χ2n) is 6.28. The molecule has 3 N–H and O–H groups in total. The van der Waals surface area contributed by atoms with Crippen molar-refractivity contribution in [3.63, 3.8) is 0 Å². The van der Waals surface area contributed by atoms with E-state index < -0.39 is 5.97 Å². The SMILES string of the molecule is NC1CCCCC1C(=O)N1CCCC(CCC(=O)O)C1. The van der Waals surface area contributed by atoms with Crippen LogP contribution in [0.2, 0.25) is 0 Å². The molecule has 0 spiro atoms. The minimum absolute atomic E-state index is 0.00986. The van der Waals surface area contributed by atoms with E-state index in [1.165, 1.54) is 0 Å². The first-order valence-corrected chi connectivity index (χ1v) is 7.84. The average Bonchev–Trinajstić information content (AvgIpc) is 2.45. The molecule has 3 unspecified atom stereocenters. The van der Waals surface area contributed by atoms with E-state index in [0.29, 0.717) is 12.3 Å². The molecule has 2 rings (SSSR count). The second-order valence-corrected chi connectivity index (χ2v) is 6.28. The summed E-state index contributed by atoms with van der Waals surface area (Å²) in [5.41, 5.74) is 6.09. The lowest BCUT2D eigenvalue weighted by atomic mass is 9.83. The molecule has 0 aromatic carbocycles. The number of hydrogen-bond acceptors (Lipinski definition) is 3. The van der Waals surface area contributed by atoms with Gasteiger partial charge in [0.25, 0.3) is 0 Å². The fourth-order valence-electron chi connectivity index (χ4n) is 3.53. The number of carboxylic acids is 1. The highest BCUT2D eigenvalue weighted by Gasteiger charge is 2.33. The molecule has 2 fully saturated rings. The van der Waals surface area contributed by atoms with Crippen molar-refractivity contribution in [1.82, 2.24) is 4.90 Å². The third-order valence-corrected chi connectivity index (χ3v) is 4.73. The zero-order valence-electron chi connectivity index (χ0n) is 12.1. The third kappa shape index (κ3) is 3.95. The average molecular weight is 282 g/mol. The van der Waals surface area contributed by atoms with Gasteiger partial charge in [-0.15, -0.1) is 0 Å². The van der Waals surface area contributed by atoms with Gasteiger partial charge in [-0.3, -0.25) is 9.59 Å². The summed E-state index contributed by atoms with van der Waals surface area (Å²) in [6.07, 6.45) is 6.99. The summed E-state index contributed by atoms with van der Waals surface area (Å²) in [5.74, 6) is -0.217. The number of carbonyl (C=O) groups is 2. The number of nitrogens with two attached hydrogens (primary N) is 1. The Morgan fingerprint density at radius 2 is 1.90 bits per heavy atom. The molecule has 0 bridgehead atoms. The molecular weight excluding hydrogens is 256 g/mol. The highest BCUT2D eigenvalue weighted by Crippen LogP contribution is 2.28. The molecule has 1 saturated heterocycles. The highest BCUT2D eigenvalue weighted by atomic mass is 16.4. The van der Waals surface area contributed by atoms with Gasteiger partial charge in [0, 0.05) is 25.6 Å². The lowest BCUT2D eigenvalue weighted by molar-refractivity contribution is -0.139. The van der Waals surface area contributed by atoms with Crippen LogP contribution in [0.1, 0.15) is 51.4 Å². The number of hydrogen-bond donors (Lipinski definition) is 2. The van der Waals surface area contributed by atoms with Crippen LogP contribution in [-0.2, 0) is 9.59 Å². The van der Waals surface area contributed by atoms with Gasteiger partial charge in [-0.2, -0.15) is 0 Å². The molecular formula is C15H26N2O3. The lowest BCUT2D eigenvalue weighted by Gasteiger charge is -2.37. The molecule has 1 saturated carbocycles. The van der Waals surface area contributed by atoms with Crippen LogP contribution in [0, 0.1) is 11.8 Å². The van der Waals surface area contributed by atoms with Crippen molar-refractivity contribution < 1.29 is 14.7 Å². The molecule has 1 amide bonds. The molecule has 0 aromatic heterocycles. The quantitative estimate of drug-likeness (QED) is 0.820. The Bertz CT molecular complexity index is 359. The molecule has 3 atom stereocenters. The Kier molecular flexibility index (Phi) is 5.40. The van der Waals surface area contributed by atoms with Crippen molar-refractivity contribution in [3.8, 4) is 0 Å². The lowest BCUT2D eigenvalue weighted by Crippen LogP contribution is -2.48. The predicted octanol–water partition coefficient (Wildman–Crippen LogP) is 1.61. The Balaban J connectivity index is 1.87. The van der Waals surface area contributed by atoms with Gasteiger partial charge >= 0.3 is 5.97 Å². The van der Waals surface area contributed by atoms with Gasteiger partial charge in [0.2, 0.25) is 5.91 Å². The molecule has 114 valence electrons. The first-order valence-electron chi connectivity index (χ1n) is 7.84. The fraction of sp³-hybridized carbons (Fsp3) is 0.867. The van der Waals surface area contributed by atoms with Crippen molar-refractivity contribution in [2.75, 3.05) is 13.1 Å². The van der Waals surface area contributed by atoms with Gasteiger partial charge in [0.05, 0.1) is 5.92 Å². The zero-order chi connectivity index (χ0) is 14.5. The summed E-state index contributed by atoms with van der Waals surface area (Å²) in [7, 11) is 0. The largest absolute Gasteiger partial charge is 0.481 e.